The molecule has 36 heavy (non-hydrogen) atoms. The number of nitrogens with zero attached hydrogens (tertiary/aromatic N) is 2. The number of hydrogen-bond donors (Lipinski definition) is 1. The summed E-state index contributed by atoms with van der Waals surface area (Å²) in [5.74, 6) is -1.07. The van der Waals surface area contributed by atoms with Gasteiger partial charge in [0, 0.05) is 52.8 Å². The lowest BCUT2D eigenvalue weighted by Gasteiger charge is -2.31. The standard InChI is InChI=1S/C26H25Cl2F3N2O3/c1-14-9-17(26(29,30)31)11-19-15(2)33(12-20(14)19)13-21-22(27)4-3-18(24(21)28)25(36)32-7-5-16(6-8-32)10-23(34)35/h3-4,9,11-12,16H,5-8,10,13H2,1-2H3,(H,34,35). The number of carbonyl (C=O) groups excluding carboxylic acids is 1. The van der Waals surface area contributed by atoms with Gasteiger partial charge in [-0.1, -0.05) is 23.2 Å². The van der Waals surface area contributed by atoms with Gasteiger partial charge < -0.3 is 14.6 Å². The fourth-order valence-corrected chi connectivity index (χ4v) is 5.41. The van der Waals surface area contributed by atoms with Crippen molar-refractivity contribution in [1.82, 2.24) is 9.47 Å². The van der Waals surface area contributed by atoms with Crippen LogP contribution in [0, 0.1) is 19.8 Å². The van der Waals surface area contributed by atoms with E-state index < -0.39 is 17.7 Å². The summed E-state index contributed by atoms with van der Waals surface area (Å²) < 4.78 is 41.8. The molecule has 1 saturated heterocycles. The summed E-state index contributed by atoms with van der Waals surface area (Å²) in [6.07, 6.45) is -1.39. The number of rotatable bonds is 5. The van der Waals surface area contributed by atoms with E-state index in [-0.39, 0.29) is 35.4 Å². The maximum absolute atomic E-state index is 13.3. The fourth-order valence-electron chi connectivity index (χ4n) is 4.84. The lowest BCUT2D eigenvalue weighted by molar-refractivity contribution is -0.139. The zero-order valence-electron chi connectivity index (χ0n) is 19.8. The number of hydrogen-bond acceptors (Lipinski definition) is 2. The molecule has 2 aromatic carbocycles. The van der Waals surface area contributed by atoms with Gasteiger partial charge in [0.05, 0.1) is 22.7 Å². The number of halogens is 5. The molecular formula is C26H25Cl2F3N2O3. The Kier molecular flexibility index (Phi) is 7.30. The topological polar surface area (TPSA) is 62.5 Å². The number of likely N-dealkylation sites (tertiary alicyclic amines) is 1. The van der Waals surface area contributed by atoms with Crippen molar-refractivity contribution in [1.29, 1.82) is 0 Å². The largest absolute Gasteiger partial charge is 0.481 e. The van der Waals surface area contributed by atoms with Crippen LogP contribution in [-0.2, 0) is 17.5 Å². The minimum atomic E-state index is -4.45. The molecule has 0 unspecified atom stereocenters. The summed E-state index contributed by atoms with van der Waals surface area (Å²) in [5, 5.41) is 10.7. The Labute approximate surface area is 216 Å². The van der Waals surface area contributed by atoms with Gasteiger partial charge in [-0.2, -0.15) is 13.2 Å². The first-order valence-corrected chi connectivity index (χ1v) is 12.3. The number of aromatic nitrogens is 1. The molecular weight excluding hydrogens is 516 g/mol. The van der Waals surface area contributed by atoms with Crippen LogP contribution in [-0.4, -0.2) is 39.5 Å². The van der Waals surface area contributed by atoms with E-state index >= 15 is 0 Å². The number of benzene rings is 2. The van der Waals surface area contributed by atoms with Gasteiger partial charge in [-0.3, -0.25) is 9.59 Å². The highest BCUT2D eigenvalue weighted by atomic mass is 35.5. The predicted octanol–water partition coefficient (Wildman–Crippen LogP) is 6.96. The Hall–Kier alpha value is -2.71. The predicted molar refractivity (Wildman–Crippen MR) is 133 cm³/mol. The van der Waals surface area contributed by atoms with E-state index in [9.17, 15) is 22.8 Å². The number of alkyl halides is 3. The van der Waals surface area contributed by atoms with Crippen LogP contribution in [0.1, 0.15) is 52.0 Å². The van der Waals surface area contributed by atoms with Crippen molar-refractivity contribution < 1.29 is 27.9 Å². The van der Waals surface area contributed by atoms with Crippen LogP contribution in [0.15, 0.2) is 30.5 Å². The second-order valence-electron chi connectivity index (χ2n) is 9.32. The third-order valence-corrected chi connectivity index (χ3v) is 7.72. The Balaban J connectivity index is 1.62. The molecule has 0 spiro atoms. The summed E-state index contributed by atoms with van der Waals surface area (Å²) >= 11 is 13.1. The summed E-state index contributed by atoms with van der Waals surface area (Å²) in [5.41, 5.74) is 1.22. The van der Waals surface area contributed by atoms with E-state index in [1.165, 1.54) is 0 Å². The lowest BCUT2D eigenvalue weighted by Crippen LogP contribution is -2.39. The Morgan fingerprint density at radius 3 is 2.36 bits per heavy atom. The number of fused-ring (bicyclic) bond motifs is 1. The zero-order valence-corrected chi connectivity index (χ0v) is 21.3. The number of carbonyl (C=O) groups is 2. The summed E-state index contributed by atoms with van der Waals surface area (Å²) in [6, 6.07) is 5.44. The molecule has 1 aromatic heterocycles. The van der Waals surface area contributed by atoms with Gasteiger partial charge >= 0.3 is 12.1 Å². The first-order valence-electron chi connectivity index (χ1n) is 11.5. The Morgan fingerprint density at radius 2 is 1.75 bits per heavy atom. The van der Waals surface area contributed by atoms with Crippen LogP contribution in [0.4, 0.5) is 13.2 Å². The van der Waals surface area contributed by atoms with Crippen molar-refractivity contribution in [2.45, 2.75) is 45.8 Å². The fraction of sp³-hybridized carbons (Fsp3) is 0.385. The zero-order chi connectivity index (χ0) is 26.4. The van der Waals surface area contributed by atoms with Gasteiger partial charge in [0.15, 0.2) is 0 Å². The summed E-state index contributed by atoms with van der Waals surface area (Å²) in [4.78, 5) is 25.8. The van der Waals surface area contributed by atoms with E-state index in [2.05, 4.69) is 0 Å². The normalized spacial score (nSPS) is 15.0. The van der Waals surface area contributed by atoms with Crippen LogP contribution in [0.5, 0.6) is 0 Å². The maximum Gasteiger partial charge on any atom is 0.416 e. The van der Waals surface area contributed by atoms with Crippen molar-refractivity contribution >= 4 is 45.9 Å². The highest BCUT2D eigenvalue weighted by Gasteiger charge is 2.32. The van der Waals surface area contributed by atoms with E-state index in [0.29, 0.717) is 58.5 Å². The molecule has 0 saturated carbocycles. The van der Waals surface area contributed by atoms with Gasteiger partial charge in [-0.25, -0.2) is 0 Å². The Bertz CT molecular complexity index is 1340. The smallest absolute Gasteiger partial charge is 0.416 e. The van der Waals surface area contributed by atoms with Crippen molar-refractivity contribution in [3.8, 4) is 0 Å². The number of aliphatic carboxylic acids is 1. The number of carboxylic acid groups (broad SMARTS) is 1. The van der Waals surface area contributed by atoms with E-state index in [1.807, 2.05) is 0 Å². The molecule has 1 N–H and O–H groups in total. The Morgan fingerprint density at radius 1 is 1.08 bits per heavy atom. The molecule has 10 heteroatoms. The first kappa shape index (κ1) is 26.4. The monoisotopic (exact) mass is 540 g/mol. The van der Waals surface area contributed by atoms with Gasteiger partial charge in [0.2, 0.25) is 0 Å². The molecule has 4 rings (SSSR count). The molecule has 192 valence electrons. The SMILES string of the molecule is Cc1cc(C(F)(F)F)cc2c(C)n(Cc3c(Cl)ccc(C(=O)N4CCC(CC(=O)O)CC4)c3Cl)cc12. The highest BCUT2D eigenvalue weighted by molar-refractivity contribution is 6.38. The van der Waals surface area contributed by atoms with Crippen molar-refractivity contribution in [2.75, 3.05) is 13.1 Å². The third-order valence-electron chi connectivity index (χ3n) is 6.93. The van der Waals surface area contributed by atoms with Crippen LogP contribution in [0.2, 0.25) is 10.0 Å². The van der Waals surface area contributed by atoms with Crippen LogP contribution >= 0.6 is 23.2 Å². The van der Waals surface area contributed by atoms with Gasteiger partial charge in [-0.05, 0) is 62.4 Å². The maximum atomic E-state index is 13.3. The van der Waals surface area contributed by atoms with Crippen LogP contribution in [0.25, 0.3) is 10.8 Å². The van der Waals surface area contributed by atoms with Gasteiger partial charge in [0.1, 0.15) is 0 Å². The van der Waals surface area contributed by atoms with Crippen molar-refractivity contribution in [2.24, 2.45) is 5.92 Å². The van der Waals surface area contributed by atoms with Crippen molar-refractivity contribution in [3.05, 3.63) is 68.5 Å². The lowest BCUT2D eigenvalue weighted by atomic mass is 9.93. The van der Waals surface area contributed by atoms with E-state index in [4.69, 9.17) is 28.3 Å². The molecule has 5 nitrogen and oxygen atoms in total. The minimum Gasteiger partial charge on any atom is -0.481 e. The summed E-state index contributed by atoms with van der Waals surface area (Å²) in [6.45, 7) is 4.43. The molecule has 0 radical (unpaired) electrons. The average Bonchev–Trinajstić information content (AvgIpc) is 3.12. The first-order chi connectivity index (χ1) is 16.9. The van der Waals surface area contributed by atoms with E-state index in [1.54, 1.807) is 41.6 Å². The highest BCUT2D eigenvalue weighted by Crippen LogP contribution is 2.36. The number of amides is 1. The number of piperidine rings is 1. The number of carboxylic acids is 1. The second-order valence-corrected chi connectivity index (χ2v) is 10.1. The van der Waals surface area contributed by atoms with Crippen molar-refractivity contribution in [3.63, 3.8) is 0 Å². The number of aryl methyl sites for hydroxylation is 2. The minimum absolute atomic E-state index is 0.0370. The quantitative estimate of drug-likeness (QED) is 0.380. The molecule has 1 fully saturated rings. The van der Waals surface area contributed by atoms with E-state index in [0.717, 1.165) is 12.1 Å². The molecule has 1 aliphatic rings. The molecule has 1 amide bonds. The van der Waals surface area contributed by atoms with Gasteiger partial charge in [0.25, 0.3) is 5.91 Å². The van der Waals surface area contributed by atoms with Gasteiger partial charge in [-0.15, -0.1) is 0 Å². The molecule has 0 atom stereocenters. The molecule has 3 aromatic rings. The molecule has 0 bridgehead atoms. The molecule has 1 aliphatic heterocycles. The summed E-state index contributed by atoms with van der Waals surface area (Å²) in [7, 11) is 0. The molecule has 2 heterocycles. The van der Waals surface area contributed by atoms with Crippen LogP contribution < -0.4 is 0 Å². The van der Waals surface area contributed by atoms with Crippen LogP contribution in [0.3, 0.4) is 0 Å². The third kappa shape index (κ3) is 5.20. The average molecular weight is 541 g/mol. The second kappa shape index (κ2) is 9.98. The molecule has 0 aliphatic carbocycles.